The second-order valence-electron chi connectivity index (χ2n) is 10.3. The van der Waals surface area contributed by atoms with E-state index in [1.807, 2.05) is 13.8 Å². The molecule has 4 atom stereocenters. The van der Waals surface area contributed by atoms with Crippen molar-refractivity contribution in [3.05, 3.63) is 0 Å². The van der Waals surface area contributed by atoms with E-state index in [0.717, 1.165) is 32.1 Å². The van der Waals surface area contributed by atoms with Crippen LogP contribution in [0, 0.1) is 17.8 Å². The number of nitrogens with zero attached hydrogens (tertiary/aromatic N) is 1. The van der Waals surface area contributed by atoms with E-state index in [-0.39, 0.29) is 48.5 Å². The van der Waals surface area contributed by atoms with Crippen molar-refractivity contribution in [2.24, 2.45) is 17.8 Å². The number of carboxylic acid groups (broad SMARTS) is 1. The predicted octanol–water partition coefficient (Wildman–Crippen LogP) is 2.41. The van der Waals surface area contributed by atoms with Crippen LogP contribution < -0.4 is 5.32 Å². The van der Waals surface area contributed by atoms with E-state index in [1.165, 1.54) is 0 Å². The molecule has 1 saturated carbocycles. The SMILES string of the molecule is CC(C)C(OC(=O)C1CCCCC1)OC(=O)N1CC[C@H]2[C@@H]1CN[C@@]2(CCCCB(O)O)C(=O)O.Cl. The van der Waals surface area contributed by atoms with Gasteiger partial charge in [0, 0.05) is 24.9 Å². The van der Waals surface area contributed by atoms with Crippen molar-refractivity contribution in [1.29, 1.82) is 0 Å². The Morgan fingerprint density at radius 3 is 2.37 bits per heavy atom. The van der Waals surface area contributed by atoms with Gasteiger partial charge in [0.1, 0.15) is 5.54 Å². The van der Waals surface area contributed by atoms with Gasteiger partial charge in [-0.1, -0.05) is 46.0 Å². The molecule has 12 heteroatoms. The minimum absolute atomic E-state index is 0. The second kappa shape index (κ2) is 13.1. The Morgan fingerprint density at radius 1 is 1.09 bits per heavy atom. The van der Waals surface area contributed by atoms with Crippen molar-refractivity contribution in [1.82, 2.24) is 10.2 Å². The topological polar surface area (TPSA) is 146 Å². The fourth-order valence-electron chi connectivity index (χ4n) is 5.68. The number of likely N-dealkylation sites (tertiary alicyclic amines) is 1. The van der Waals surface area contributed by atoms with Crippen LogP contribution in [0.5, 0.6) is 0 Å². The minimum atomic E-state index is -1.40. The van der Waals surface area contributed by atoms with Gasteiger partial charge < -0.3 is 29.5 Å². The maximum absolute atomic E-state index is 13.1. The highest BCUT2D eigenvalue weighted by Gasteiger charge is 2.58. The summed E-state index contributed by atoms with van der Waals surface area (Å²) in [6.07, 6.45) is 5.24. The van der Waals surface area contributed by atoms with Crippen LogP contribution in [-0.4, -0.2) is 76.2 Å². The molecule has 1 amide bonds. The number of carbonyl (C=O) groups is 3. The molecule has 2 saturated heterocycles. The lowest BCUT2D eigenvalue weighted by atomic mass is 9.77. The quantitative estimate of drug-likeness (QED) is 0.148. The van der Waals surface area contributed by atoms with E-state index < -0.39 is 31.0 Å². The molecule has 0 aromatic rings. The zero-order valence-corrected chi connectivity index (χ0v) is 21.5. The van der Waals surface area contributed by atoms with Crippen LogP contribution in [0.2, 0.25) is 6.32 Å². The lowest BCUT2D eigenvalue weighted by molar-refractivity contribution is -0.182. The van der Waals surface area contributed by atoms with Crippen LogP contribution >= 0.6 is 12.4 Å². The van der Waals surface area contributed by atoms with Crippen molar-refractivity contribution in [2.75, 3.05) is 13.1 Å². The highest BCUT2D eigenvalue weighted by atomic mass is 35.5. The first-order valence-corrected chi connectivity index (χ1v) is 12.7. The van der Waals surface area contributed by atoms with Gasteiger partial charge in [0.15, 0.2) is 0 Å². The standard InChI is InChI=1S/C23H39BN2O8.ClH/c1-15(2)20(33-19(27)16-8-4-3-5-9-16)34-22(30)26-13-10-17-18(26)14-25-23(17,21(28)29)11-6-7-12-24(31)32;/h15-18,20,25,31-32H,3-14H2,1-2H3,(H,28,29);1H/t17-,18-,20?,23+;/m0./s1. The van der Waals surface area contributed by atoms with Crippen LogP contribution in [0.25, 0.3) is 0 Å². The average Bonchev–Trinajstić information content (AvgIpc) is 3.38. The van der Waals surface area contributed by atoms with Gasteiger partial charge in [-0.3, -0.25) is 14.9 Å². The van der Waals surface area contributed by atoms with Gasteiger partial charge in [-0.05, 0) is 32.0 Å². The zero-order chi connectivity index (χ0) is 24.9. The van der Waals surface area contributed by atoms with Crippen LogP contribution in [0.15, 0.2) is 0 Å². The molecule has 0 aromatic carbocycles. The summed E-state index contributed by atoms with van der Waals surface area (Å²) in [5.74, 6) is -1.91. The van der Waals surface area contributed by atoms with Crippen LogP contribution in [0.3, 0.4) is 0 Å². The van der Waals surface area contributed by atoms with Gasteiger partial charge in [0.2, 0.25) is 0 Å². The van der Waals surface area contributed by atoms with Gasteiger partial charge in [-0.25, -0.2) is 4.79 Å². The molecule has 1 unspecified atom stereocenters. The number of aliphatic carboxylic acids is 1. The van der Waals surface area contributed by atoms with Gasteiger partial charge >= 0.3 is 25.2 Å². The number of halogens is 1. The summed E-state index contributed by atoms with van der Waals surface area (Å²) in [7, 11) is -1.40. The fourth-order valence-corrected chi connectivity index (χ4v) is 5.68. The van der Waals surface area contributed by atoms with Crippen molar-refractivity contribution in [3.63, 3.8) is 0 Å². The Morgan fingerprint density at radius 2 is 1.77 bits per heavy atom. The van der Waals surface area contributed by atoms with E-state index in [1.54, 1.807) is 4.90 Å². The first-order valence-electron chi connectivity index (χ1n) is 12.7. The summed E-state index contributed by atoms with van der Waals surface area (Å²) in [4.78, 5) is 39.5. The zero-order valence-electron chi connectivity index (χ0n) is 20.7. The first kappa shape index (κ1) is 29.7. The lowest BCUT2D eigenvalue weighted by Gasteiger charge is -2.31. The van der Waals surface area contributed by atoms with Gasteiger partial charge in [0.05, 0.1) is 12.0 Å². The highest BCUT2D eigenvalue weighted by molar-refractivity contribution is 6.40. The average molecular weight is 519 g/mol. The molecule has 0 aromatic heterocycles. The molecule has 3 aliphatic rings. The third kappa shape index (κ3) is 7.02. The molecule has 3 fully saturated rings. The molecule has 0 spiro atoms. The van der Waals surface area contributed by atoms with Gasteiger partial charge in [-0.15, -0.1) is 12.4 Å². The van der Waals surface area contributed by atoms with Crippen molar-refractivity contribution >= 4 is 37.6 Å². The summed E-state index contributed by atoms with van der Waals surface area (Å²) in [6, 6.07) is -0.325. The van der Waals surface area contributed by atoms with E-state index in [2.05, 4.69) is 5.32 Å². The minimum Gasteiger partial charge on any atom is -0.480 e. The Bertz CT molecular complexity index is 736. The Kier molecular flexibility index (Phi) is 11.1. The number of fused-ring (bicyclic) bond motifs is 1. The number of carboxylic acids is 1. The highest BCUT2D eigenvalue weighted by Crippen LogP contribution is 2.41. The van der Waals surface area contributed by atoms with E-state index >= 15 is 0 Å². The normalized spacial score (nSPS) is 27.2. The van der Waals surface area contributed by atoms with Crippen molar-refractivity contribution in [2.45, 2.75) is 95.8 Å². The Balaban J connectivity index is 0.00000432. The smallest absolute Gasteiger partial charge is 0.451 e. The van der Waals surface area contributed by atoms with E-state index in [9.17, 15) is 19.5 Å². The monoisotopic (exact) mass is 518 g/mol. The number of unbranched alkanes of at least 4 members (excludes halogenated alkanes) is 1. The molecule has 10 nitrogen and oxygen atoms in total. The molecule has 35 heavy (non-hydrogen) atoms. The second-order valence-corrected chi connectivity index (χ2v) is 10.3. The Hall–Kier alpha value is -1.56. The predicted molar refractivity (Wildman–Crippen MR) is 131 cm³/mol. The molecule has 200 valence electrons. The maximum atomic E-state index is 13.1. The summed E-state index contributed by atoms with van der Waals surface area (Å²) < 4.78 is 11.2. The summed E-state index contributed by atoms with van der Waals surface area (Å²) in [5.41, 5.74) is -1.16. The number of amides is 1. The van der Waals surface area contributed by atoms with Crippen molar-refractivity contribution < 1.29 is 39.0 Å². The molecular formula is C23H40BClN2O8. The largest absolute Gasteiger partial charge is 0.480 e. The summed E-state index contributed by atoms with van der Waals surface area (Å²) in [6.45, 7) is 4.37. The summed E-state index contributed by atoms with van der Waals surface area (Å²) >= 11 is 0. The van der Waals surface area contributed by atoms with Gasteiger partial charge in [-0.2, -0.15) is 0 Å². The van der Waals surface area contributed by atoms with E-state index in [0.29, 0.717) is 38.8 Å². The molecule has 2 heterocycles. The number of ether oxygens (including phenoxy) is 2. The molecular weight excluding hydrogens is 479 g/mol. The van der Waals surface area contributed by atoms with E-state index in [4.69, 9.17) is 19.5 Å². The Labute approximate surface area is 213 Å². The molecule has 1 aliphatic carbocycles. The molecule has 3 rings (SSSR count). The number of hydrogen-bond donors (Lipinski definition) is 4. The molecule has 0 bridgehead atoms. The number of hydrogen-bond acceptors (Lipinski definition) is 8. The van der Waals surface area contributed by atoms with Crippen molar-refractivity contribution in [3.8, 4) is 0 Å². The third-order valence-corrected chi connectivity index (χ3v) is 7.64. The number of esters is 1. The number of carbonyl (C=O) groups excluding carboxylic acids is 2. The van der Waals surface area contributed by atoms with Crippen LogP contribution in [0.4, 0.5) is 4.79 Å². The first-order chi connectivity index (χ1) is 16.2. The fraction of sp³-hybridized carbons (Fsp3) is 0.870. The third-order valence-electron chi connectivity index (χ3n) is 7.64. The van der Waals surface area contributed by atoms with Crippen LogP contribution in [-0.2, 0) is 19.1 Å². The lowest BCUT2D eigenvalue weighted by Crippen LogP contribution is -2.52. The molecule has 0 radical (unpaired) electrons. The summed E-state index contributed by atoms with van der Waals surface area (Å²) in [5, 5.41) is 31.2. The number of rotatable bonds is 10. The number of nitrogens with one attached hydrogen (secondary N) is 1. The molecule has 4 N–H and O–H groups in total. The van der Waals surface area contributed by atoms with Crippen LogP contribution in [0.1, 0.15) is 71.6 Å². The maximum Gasteiger partial charge on any atom is 0.451 e. The van der Waals surface area contributed by atoms with Gasteiger partial charge in [0.25, 0.3) is 6.29 Å². The molecule has 2 aliphatic heterocycles.